The molecule has 1 aliphatic rings. The topological polar surface area (TPSA) is 103 Å². The lowest BCUT2D eigenvalue weighted by molar-refractivity contribution is -0.146. The van der Waals surface area contributed by atoms with Gasteiger partial charge in [0.15, 0.2) is 0 Å². The number of amides is 1. The minimum Gasteiger partial charge on any atom is -0.464 e. The molecule has 1 amide bonds. The van der Waals surface area contributed by atoms with E-state index < -0.39 is 29.8 Å². The predicted octanol–water partition coefficient (Wildman–Crippen LogP) is 0.843. The third kappa shape index (κ3) is 2.70. The fourth-order valence-electron chi connectivity index (χ4n) is 2.43. The Morgan fingerprint density at radius 3 is 2.52 bits per heavy atom. The van der Waals surface area contributed by atoms with Crippen molar-refractivity contribution in [1.29, 1.82) is 10.5 Å². The van der Waals surface area contributed by atoms with E-state index in [1.807, 2.05) is 12.1 Å². The van der Waals surface area contributed by atoms with Crippen molar-refractivity contribution in [3.8, 4) is 12.1 Å². The number of hydrogen-bond donors (Lipinski definition) is 1. The van der Waals surface area contributed by atoms with Crippen LogP contribution in [0.4, 0.5) is 0 Å². The van der Waals surface area contributed by atoms with Crippen LogP contribution in [-0.4, -0.2) is 24.5 Å². The van der Waals surface area contributed by atoms with Crippen LogP contribution in [0.1, 0.15) is 24.0 Å². The molecule has 0 radical (unpaired) electrons. The number of esters is 1. The van der Waals surface area contributed by atoms with E-state index in [4.69, 9.17) is 10.00 Å². The molecule has 1 aromatic carbocycles. The SMILES string of the molecule is CCOC(=O)[C@H]1NC(=O)[C@@H](C#N)[C@H]1c1ccc(C#N)cc1. The first-order valence-electron chi connectivity index (χ1n) is 6.49. The number of rotatable bonds is 3. The van der Waals surface area contributed by atoms with E-state index in [0.717, 1.165) is 0 Å². The fraction of sp³-hybridized carbons (Fsp3) is 0.333. The summed E-state index contributed by atoms with van der Waals surface area (Å²) >= 11 is 0. The number of hydrogen-bond acceptors (Lipinski definition) is 5. The van der Waals surface area contributed by atoms with Gasteiger partial charge in [-0.25, -0.2) is 4.79 Å². The van der Waals surface area contributed by atoms with Crippen molar-refractivity contribution in [2.75, 3.05) is 6.61 Å². The van der Waals surface area contributed by atoms with E-state index in [1.165, 1.54) is 0 Å². The summed E-state index contributed by atoms with van der Waals surface area (Å²) in [6, 6.07) is 9.54. The number of carbonyl (C=O) groups is 2. The van der Waals surface area contributed by atoms with Gasteiger partial charge in [-0.05, 0) is 24.6 Å². The van der Waals surface area contributed by atoms with E-state index >= 15 is 0 Å². The third-order valence-corrected chi connectivity index (χ3v) is 3.40. The van der Waals surface area contributed by atoms with E-state index in [-0.39, 0.29) is 6.61 Å². The molecule has 1 aromatic rings. The summed E-state index contributed by atoms with van der Waals surface area (Å²) < 4.78 is 4.95. The molecule has 6 nitrogen and oxygen atoms in total. The van der Waals surface area contributed by atoms with Crippen LogP contribution < -0.4 is 5.32 Å². The number of nitrogens with one attached hydrogen (secondary N) is 1. The number of nitrogens with zero attached hydrogens (tertiary/aromatic N) is 2. The van der Waals surface area contributed by atoms with Crippen molar-refractivity contribution < 1.29 is 14.3 Å². The Balaban J connectivity index is 2.38. The minimum absolute atomic E-state index is 0.197. The largest absolute Gasteiger partial charge is 0.464 e. The lowest BCUT2D eigenvalue weighted by Crippen LogP contribution is -2.37. The highest BCUT2D eigenvalue weighted by molar-refractivity contribution is 5.93. The molecule has 1 aliphatic heterocycles. The lowest BCUT2D eigenvalue weighted by atomic mass is 9.84. The maximum absolute atomic E-state index is 12.0. The van der Waals surface area contributed by atoms with Gasteiger partial charge in [-0.3, -0.25) is 4.79 Å². The molecular formula is C15H13N3O3. The van der Waals surface area contributed by atoms with Gasteiger partial charge in [0, 0.05) is 5.92 Å². The second-order valence-corrected chi connectivity index (χ2v) is 4.60. The molecule has 3 atom stereocenters. The monoisotopic (exact) mass is 283 g/mol. The van der Waals surface area contributed by atoms with Crippen molar-refractivity contribution in [1.82, 2.24) is 5.32 Å². The molecule has 0 aliphatic carbocycles. The maximum atomic E-state index is 12.0. The van der Waals surface area contributed by atoms with Crippen LogP contribution in [0.2, 0.25) is 0 Å². The maximum Gasteiger partial charge on any atom is 0.329 e. The van der Waals surface area contributed by atoms with E-state index in [9.17, 15) is 14.9 Å². The quantitative estimate of drug-likeness (QED) is 0.828. The van der Waals surface area contributed by atoms with Gasteiger partial charge < -0.3 is 10.1 Å². The molecule has 0 bridgehead atoms. The summed E-state index contributed by atoms with van der Waals surface area (Å²) in [7, 11) is 0. The van der Waals surface area contributed by atoms with Gasteiger partial charge in [0.25, 0.3) is 0 Å². The van der Waals surface area contributed by atoms with Crippen LogP contribution >= 0.6 is 0 Å². The third-order valence-electron chi connectivity index (χ3n) is 3.40. The Morgan fingerprint density at radius 1 is 1.33 bits per heavy atom. The van der Waals surface area contributed by atoms with E-state index in [0.29, 0.717) is 11.1 Å². The van der Waals surface area contributed by atoms with Gasteiger partial charge in [-0.1, -0.05) is 12.1 Å². The Bertz CT molecular complexity index is 640. The van der Waals surface area contributed by atoms with Gasteiger partial charge in [0.1, 0.15) is 12.0 Å². The number of benzene rings is 1. The second kappa shape index (κ2) is 6.06. The molecule has 0 spiro atoms. The van der Waals surface area contributed by atoms with Gasteiger partial charge >= 0.3 is 5.97 Å². The molecule has 106 valence electrons. The van der Waals surface area contributed by atoms with Crippen molar-refractivity contribution >= 4 is 11.9 Å². The summed E-state index contributed by atoms with van der Waals surface area (Å²) in [5.41, 5.74) is 1.12. The van der Waals surface area contributed by atoms with Crippen molar-refractivity contribution in [2.45, 2.75) is 18.9 Å². The molecule has 1 heterocycles. The molecule has 6 heteroatoms. The van der Waals surface area contributed by atoms with Gasteiger partial charge in [-0.2, -0.15) is 10.5 Å². The number of ether oxygens (including phenoxy) is 1. The highest BCUT2D eigenvalue weighted by Crippen LogP contribution is 2.34. The Morgan fingerprint density at radius 2 is 2.00 bits per heavy atom. The highest BCUT2D eigenvalue weighted by atomic mass is 16.5. The summed E-state index contributed by atoms with van der Waals surface area (Å²) in [6.07, 6.45) is 0. The smallest absolute Gasteiger partial charge is 0.329 e. The van der Waals surface area contributed by atoms with E-state index in [2.05, 4.69) is 5.32 Å². The standard InChI is InChI=1S/C15H13N3O3/c1-2-21-15(20)13-12(11(8-17)14(19)18-13)10-5-3-9(7-16)4-6-10/h3-6,11-13H,2H2,1H3,(H,18,19)/t11-,12+,13-/m0/s1. The van der Waals surface area contributed by atoms with Crippen LogP contribution in [0, 0.1) is 28.6 Å². The molecule has 1 saturated heterocycles. The zero-order valence-corrected chi connectivity index (χ0v) is 11.4. The van der Waals surface area contributed by atoms with Crippen LogP contribution in [0.15, 0.2) is 24.3 Å². The molecule has 0 aromatic heterocycles. The van der Waals surface area contributed by atoms with E-state index in [1.54, 1.807) is 31.2 Å². The fourth-order valence-corrected chi connectivity index (χ4v) is 2.43. The van der Waals surface area contributed by atoms with Gasteiger partial charge in [0.05, 0.1) is 24.3 Å². The molecule has 2 rings (SSSR count). The van der Waals surface area contributed by atoms with Crippen molar-refractivity contribution in [3.63, 3.8) is 0 Å². The van der Waals surface area contributed by atoms with Crippen LogP contribution in [0.3, 0.4) is 0 Å². The summed E-state index contributed by atoms with van der Waals surface area (Å²) in [6.45, 7) is 1.87. The Kier molecular flexibility index (Phi) is 4.20. The first kappa shape index (κ1) is 14.5. The first-order valence-corrected chi connectivity index (χ1v) is 6.49. The normalized spacial score (nSPS) is 23.8. The van der Waals surface area contributed by atoms with Gasteiger partial charge in [-0.15, -0.1) is 0 Å². The average molecular weight is 283 g/mol. The number of carbonyl (C=O) groups excluding carboxylic acids is 2. The average Bonchev–Trinajstić information content (AvgIpc) is 2.84. The molecule has 1 fully saturated rings. The molecule has 0 saturated carbocycles. The predicted molar refractivity (Wildman–Crippen MR) is 71.6 cm³/mol. The van der Waals surface area contributed by atoms with Crippen LogP contribution in [-0.2, 0) is 14.3 Å². The van der Waals surface area contributed by atoms with Crippen molar-refractivity contribution in [2.24, 2.45) is 5.92 Å². The molecular weight excluding hydrogens is 270 g/mol. The first-order chi connectivity index (χ1) is 10.1. The summed E-state index contributed by atoms with van der Waals surface area (Å²) in [5, 5.41) is 20.5. The lowest BCUT2D eigenvalue weighted by Gasteiger charge is -2.19. The zero-order chi connectivity index (χ0) is 15.4. The zero-order valence-electron chi connectivity index (χ0n) is 11.4. The molecule has 0 unspecified atom stereocenters. The van der Waals surface area contributed by atoms with Crippen LogP contribution in [0.5, 0.6) is 0 Å². The molecule has 21 heavy (non-hydrogen) atoms. The van der Waals surface area contributed by atoms with Crippen LogP contribution in [0.25, 0.3) is 0 Å². The summed E-state index contributed by atoms with van der Waals surface area (Å²) in [5.74, 6) is -2.61. The second-order valence-electron chi connectivity index (χ2n) is 4.60. The minimum atomic E-state index is -0.952. The highest BCUT2D eigenvalue weighted by Gasteiger charge is 2.47. The Hall–Kier alpha value is -2.86. The van der Waals surface area contributed by atoms with Gasteiger partial charge in [0.2, 0.25) is 5.91 Å². The summed E-state index contributed by atoms with van der Waals surface area (Å²) in [4.78, 5) is 23.8. The number of nitriles is 2. The molecule has 1 N–H and O–H groups in total. The Labute approximate surface area is 121 Å². The van der Waals surface area contributed by atoms with Crippen molar-refractivity contribution in [3.05, 3.63) is 35.4 Å².